The quantitative estimate of drug-likeness (QED) is 0.421. The number of carboxylic acid groups (broad SMARTS) is 3. The van der Waals surface area contributed by atoms with E-state index in [2.05, 4.69) is 0 Å². The SMILES string of the molecule is Nc1ccc(-c2ccc(N)cc2)cc1.O=C(O)c1ccc(C(=O)O)c(C(=O)O)c1. The molecule has 0 amide bonds. The lowest BCUT2D eigenvalue weighted by atomic mass is 10.0. The van der Waals surface area contributed by atoms with E-state index in [1.54, 1.807) is 0 Å². The second kappa shape index (κ2) is 9.05. The summed E-state index contributed by atoms with van der Waals surface area (Å²) >= 11 is 0. The summed E-state index contributed by atoms with van der Waals surface area (Å²) in [5.74, 6) is -4.20. The van der Waals surface area contributed by atoms with Gasteiger partial charge in [0.2, 0.25) is 0 Å². The normalized spacial score (nSPS) is 9.79. The molecule has 148 valence electrons. The van der Waals surface area contributed by atoms with Crippen LogP contribution in [0.1, 0.15) is 31.1 Å². The van der Waals surface area contributed by atoms with Crippen molar-refractivity contribution in [1.82, 2.24) is 0 Å². The predicted molar refractivity (Wildman–Crippen MR) is 108 cm³/mol. The molecule has 8 nitrogen and oxygen atoms in total. The first-order valence-corrected chi connectivity index (χ1v) is 8.24. The fraction of sp³-hybridized carbons (Fsp3) is 0. The monoisotopic (exact) mass is 394 g/mol. The molecule has 3 rings (SSSR count). The molecule has 0 heterocycles. The Bertz CT molecular complexity index is 1000. The van der Waals surface area contributed by atoms with E-state index in [4.69, 9.17) is 26.8 Å². The van der Waals surface area contributed by atoms with Crippen LogP contribution in [0.15, 0.2) is 66.7 Å². The lowest BCUT2D eigenvalue weighted by Gasteiger charge is -2.02. The van der Waals surface area contributed by atoms with Gasteiger partial charge in [-0.3, -0.25) is 0 Å². The first-order valence-electron chi connectivity index (χ1n) is 8.24. The molecule has 0 bridgehead atoms. The molecule has 3 aromatic rings. The molecule has 0 unspecified atom stereocenters. The molecular weight excluding hydrogens is 376 g/mol. The Kier molecular flexibility index (Phi) is 6.54. The van der Waals surface area contributed by atoms with E-state index in [0.29, 0.717) is 0 Å². The van der Waals surface area contributed by atoms with Crippen molar-refractivity contribution >= 4 is 29.3 Å². The van der Waals surface area contributed by atoms with Gasteiger partial charge in [0.25, 0.3) is 0 Å². The molecule has 0 aliphatic heterocycles. The molecule has 7 N–H and O–H groups in total. The van der Waals surface area contributed by atoms with Gasteiger partial charge in [-0.25, -0.2) is 14.4 Å². The molecule has 0 saturated heterocycles. The van der Waals surface area contributed by atoms with Gasteiger partial charge in [-0.15, -0.1) is 0 Å². The summed E-state index contributed by atoms with van der Waals surface area (Å²) in [6.07, 6.45) is 0. The van der Waals surface area contributed by atoms with Crippen molar-refractivity contribution in [2.24, 2.45) is 0 Å². The number of nitrogens with two attached hydrogens (primary N) is 2. The summed E-state index contributed by atoms with van der Waals surface area (Å²) in [7, 11) is 0. The van der Waals surface area contributed by atoms with E-state index in [1.807, 2.05) is 48.5 Å². The second-order valence-electron chi connectivity index (χ2n) is 5.92. The van der Waals surface area contributed by atoms with Gasteiger partial charge in [-0.2, -0.15) is 0 Å². The van der Waals surface area contributed by atoms with E-state index in [1.165, 1.54) is 0 Å². The Morgan fingerprint density at radius 3 is 1.31 bits per heavy atom. The number of aromatic carboxylic acids is 3. The largest absolute Gasteiger partial charge is 0.478 e. The van der Waals surface area contributed by atoms with Crippen LogP contribution in [0.3, 0.4) is 0 Å². The highest BCUT2D eigenvalue weighted by atomic mass is 16.4. The highest BCUT2D eigenvalue weighted by Gasteiger charge is 2.17. The Hall–Kier alpha value is -4.33. The van der Waals surface area contributed by atoms with Crippen LogP contribution >= 0.6 is 0 Å². The minimum Gasteiger partial charge on any atom is -0.478 e. The van der Waals surface area contributed by atoms with Crippen LogP contribution in [0.5, 0.6) is 0 Å². The van der Waals surface area contributed by atoms with Crippen LogP contribution in [-0.2, 0) is 0 Å². The number of hydrogen-bond acceptors (Lipinski definition) is 5. The second-order valence-corrected chi connectivity index (χ2v) is 5.92. The van der Waals surface area contributed by atoms with Crippen molar-refractivity contribution < 1.29 is 29.7 Å². The number of benzene rings is 3. The lowest BCUT2D eigenvalue weighted by molar-refractivity contribution is 0.0649. The molecule has 0 spiro atoms. The zero-order valence-corrected chi connectivity index (χ0v) is 15.1. The van der Waals surface area contributed by atoms with Gasteiger partial charge < -0.3 is 26.8 Å². The fourth-order valence-corrected chi connectivity index (χ4v) is 2.39. The van der Waals surface area contributed by atoms with Gasteiger partial charge in [-0.05, 0) is 53.6 Å². The van der Waals surface area contributed by atoms with Crippen molar-refractivity contribution in [2.75, 3.05) is 11.5 Å². The van der Waals surface area contributed by atoms with Crippen molar-refractivity contribution in [3.05, 3.63) is 83.4 Å². The van der Waals surface area contributed by atoms with Gasteiger partial charge in [-0.1, -0.05) is 24.3 Å². The third-order valence-electron chi connectivity index (χ3n) is 3.88. The van der Waals surface area contributed by atoms with Crippen molar-refractivity contribution in [1.29, 1.82) is 0 Å². The van der Waals surface area contributed by atoms with Crippen LogP contribution < -0.4 is 11.5 Å². The highest BCUT2D eigenvalue weighted by Crippen LogP contribution is 2.21. The molecule has 0 saturated carbocycles. The summed E-state index contributed by atoms with van der Waals surface area (Å²) in [5.41, 5.74) is 13.8. The molecule has 0 fully saturated rings. The first-order chi connectivity index (χ1) is 13.7. The molecule has 0 radical (unpaired) electrons. The lowest BCUT2D eigenvalue weighted by Crippen LogP contribution is -2.10. The number of hydrogen-bond donors (Lipinski definition) is 5. The standard InChI is InChI=1S/C12H12N2.C9H6O6/c13-11-5-1-9(2-6-11)10-3-7-12(14)8-4-10;10-7(11)4-1-2-5(8(12)13)6(3-4)9(14)15/h1-8H,13-14H2;1-3H,(H,10,11)(H,12,13)(H,14,15). The molecule has 3 aromatic carbocycles. The third kappa shape index (κ3) is 5.57. The predicted octanol–water partition coefficient (Wildman–Crippen LogP) is 3.30. The van der Waals surface area contributed by atoms with Crippen molar-refractivity contribution in [3.63, 3.8) is 0 Å². The number of nitrogen functional groups attached to an aromatic ring is 2. The van der Waals surface area contributed by atoms with Gasteiger partial charge in [0.05, 0.1) is 16.7 Å². The first kappa shape index (κ1) is 21.0. The zero-order valence-electron chi connectivity index (χ0n) is 15.1. The Balaban J connectivity index is 0.000000207. The average Bonchev–Trinajstić information content (AvgIpc) is 2.69. The molecule has 29 heavy (non-hydrogen) atoms. The van der Waals surface area contributed by atoms with Crippen LogP contribution in [0, 0.1) is 0 Å². The maximum Gasteiger partial charge on any atom is 0.336 e. The minimum atomic E-state index is -1.48. The molecule has 0 aliphatic rings. The Morgan fingerprint density at radius 2 is 0.966 bits per heavy atom. The van der Waals surface area contributed by atoms with Gasteiger partial charge in [0.15, 0.2) is 0 Å². The summed E-state index contributed by atoms with van der Waals surface area (Å²) in [6.45, 7) is 0. The highest BCUT2D eigenvalue weighted by molar-refractivity contribution is 6.03. The Labute approximate surface area is 165 Å². The maximum absolute atomic E-state index is 10.6. The number of carbonyl (C=O) groups is 3. The molecule has 0 aromatic heterocycles. The summed E-state index contributed by atoms with van der Waals surface area (Å²) in [4.78, 5) is 31.8. The summed E-state index contributed by atoms with van der Waals surface area (Å²) in [6, 6.07) is 18.4. The fourth-order valence-electron chi connectivity index (χ4n) is 2.39. The molecule has 0 aliphatic carbocycles. The maximum atomic E-state index is 10.6. The minimum absolute atomic E-state index is 0.266. The van der Waals surface area contributed by atoms with Gasteiger partial charge in [0.1, 0.15) is 0 Å². The van der Waals surface area contributed by atoms with Crippen LogP contribution in [0.4, 0.5) is 11.4 Å². The van der Waals surface area contributed by atoms with Crippen molar-refractivity contribution in [2.45, 2.75) is 0 Å². The van der Waals surface area contributed by atoms with E-state index in [-0.39, 0.29) is 5.56 Å². The number of anilines is 2. The number of carboxylic acids is 3. The van der Waals surface area contributed by atoms with Crippen LogP contribution in [-0.4, -0.2) is 33.2 Å². The van der Waals surface area contributed by atoms with E-state index in [0.717, 1.165) is 40.7 Å². The van der Waals surface area contributed by atoms with E-state index in [9.17, 15) is 14.4 Å². The summed E-state index contributed by atoms with van der Waals surface area (Å²) in [5, 5.41) is 25.9. The van der Waals surface area contributed by atoms with E-state index >= 15 is 0 Å². The molecule has 0 atom stereocenters. The van der Waals surface area contributed by atoms with Gasteiger partial charge >= 0.3 is 17.9 Å². The average molecular weight is 394 g/mol. The third-order valence-corrected chi connectivity index (χ3v) is 3.88. The Morgan fingerprint density at radius 1 is 0.552 bits per heavy atom. The summed E-state index contributed by atoms with van der Waals surface area (Å²) < 4.78 is 0. The van der Waals surface area contributed by atoms with Crippen LogP contribution in [0.25, 0.3) is 11.1 Å². The molecular formula is C21H18N2O6. The topological polar surface area (TPSA) is 164 Å². The number of rotatable bonds is 4. The molecule has 8 heteroatoms. The van der Waals surface area contributed by atoms with Crippen molar-refractivity contribution in [3.8, 4) is 11.1 Å². The van der Waals surface area contributed by atoms with E-state index < -0.39 is 29.0 Å². The van der Waals surface area contributed by atoms with Gasteiger partial charge in [0, 0.05) is 11.4 Å². The zero-order chi connectivity index (χ0) is 21.6. The van der Waals surface area contributed by atoms with Crippen LogP contribution in [0.2, 0.25) is 0 Å². The smallest absolute Gasteiger partial charge is 0.336 e.